The zero-order valence-electron chi connectivity index (χ0n) is 16.6. The predicted molar refractivity (Wildman–Crippen MR) is 118 cm³/mol. The summed E-state index contributed by atoms with van der Waals surface area (Å²) in [6.07, 6.45) is 0. The Balaban J connectivity index is 1.71. The van der Waals surface area contributed by atoms with E-state index in [2.05, 4.69) is 16.8 Å². The average molecular weight is 430 g/mol. The molecule has 2 aromatic carbocycles. The largest absolute Gasteiger partial charge is 0.493 e. The summed E-state index contributed by atoms with van der Waals surface area (Å²) >= 11 is 3.38. The Morgan fingerprint density at radius 1 is 1.00 bits per heavy atom. The number of benzene rings is 2. The molecule has 0 unspecified atom stereocenters. The summed E-state index contributed by atoms with van der Waals surface area (Å²) in [6, 6.07) is 15.5. The van der Waals surface area contributed by atoms with Gasteiger partial charge in [0.05, 0.1) is 26.9 Å². The quantitative estimate of drug-likeness (QED) is 0.485. The van der Waals surface area contributed by atoms with Crippen LogP contribution in [0, 0.1) is 0 Å². The van der Waals surface area contributed by atoms with Gasteiger partial charge in [0.1, 0.15) is 0 Å². The third-order valence-electron chi connectivity index (χ3n) is 4.26. The molecule has 1 heterocycles. The molecule has 0 aliphatic heterocycles. The molecule has 1 aromatic heterocycles. The predicted octanol–water partition coefficient (Wildman–Crippen LogP) is 5.00. The van der Waals surface area contributed by atoms with E-state index in [1.165, 1.54) is 4.88 Å². The van der Waals surface area contributed by atoms with E-state index in [4.69, 9.17) is 14.2 Å². The molecule has 0 bridgehead atoms. The van der Waals surface area contributed by atoms with Crippen molar-refractivity contribution in [2.24, 2.45) is 0 Å². The highest BCUT2D eigenvalue weighted by Gasteiger charge is 2.15. The SMILES string of the molecule is COc1cc(CNC(=O)c2ccccc2SCc2cccs2)cc(OC)c1OC. The van der Waals surface area contributed by atoms with Crippen molar-refractivity contribution in [1.82, 2.24) is 5.32 Å². The second-order valence-corrected chi connectivity index (χ2v) is 8.13. The van der Waals surface area contributed by atoms with Crippen LogP contribution in [0.3, 0.4) is 0 Å². The molecule has 0 saturated carbocycles. The molecule has 0 spiro atoms. The highest BCUT2D eigenvalue weighted by molar-refractivity contribution is 7.98. The molecule has 0 fully saturated rings. The molecule has 1 N–H and O–H groups in total. The molecule has 29 heavy (non-hydrogen) atoms. The summed E-state index contributed by atoms with van der Waals surface area (Å²) < 4.78 is 16.1. The number of carbonyl (C=O) groups excluding carboxylic acids is 1. The molecular weight excluding hydrogens is 406 g/mol. The molecule has 0 atom stereocenters. The molecule has 0 radical (unpaired) electrons. The number of methoxy groups -OCH3 is 3. The smallest absolute Gasteiger partial charge is 0.252 e. The standard InChI is InChI=1S/C22H23NO4S2/c1-25-18-11-15(12-19(26-2)21(18)27-3)13-23-22(24)17-8-4-5-9-20(17)29-14-16-7-6-10-28-16/h4-12H,13-14H2,1-3H3,(H,23,24). The zero-order valence-corrected chi connectivity index (χ0v) is 18.2. The van der Waals surface area contributed by atoms with Crippen molar-refractivity contribution in [3.05, 3.63) is 69.9 Å². The molecule has 0 aliphatic carbocycles. The van der Waals surface area contributed by atoms with Crippen LogP contribution in [-0.2, 0) is 12.3 Å². The highest BCUT2D eigenvalue weighted by Crippen LogP contribution is 2.38. The van der Waals surface area contributed by atoms with Gasteiger partial charge in [0, 0.05) is 22.1 Å². The van der Waals surface area contributed by atoms with Crippen LogP contribution in [0.15, 0.2) is 58.8 Å². The van der Waals surface area contributed by atoms with Crippen LogP contribution in [-0.4, -0.2) is 27.2 Å². The number of ether oxygens (including phenoxy) is 3. The van der Waals surface area contributed by atoms with Crippen LogP contribution in [0.5, 0.6) is 17.2 Å². The van der Waals surface area contributed by atoms with Gasteiger partial charge in [-0.25, -0.2) is 0 Å². The number of hydrogen-bond acceptors (Lipinski definition) is 6. The van der Waals surface area contributed by atoms with Gasteiger partial charge in [-0.15, -0.1) is 23.1 Å². The Hall–Kier alpha value is -2.64. The molecular formula is C22H23NO4S2. The van der Waals surface area contributed by atoms with Crippen LogP contribution in [0.25, 0.3) is 0 Å². The fraction of sp³-hybridized carbons (Fsp3) is 0.227. The van der Waals surface area contributed by atoms with Crippen molar-refractivity contribution in [2.75, 3.05) is 21.3 Å². The van der Waals surface area contributed by atoms with Crippen molar-refractivity contribution < 1.29 is 19.0 Å². The Labute approximate surface area is 179 Å². The minimum absolute atomic E-state index is 0.118. The number of hydrogen-bond donors (Lipinski definition) is 1. The van der Waals surface area contributed by atoms with Crippen LogP contribution < -0.4 is 19.5 Å². The Kier molecular flexibility index (Phi) is 7.43. The van der Waals surface area contributed by atoms with E-state index in [1.54, 1.807) is 44.4 Å². The summed E-state index contributed by atoms with van der Waals surface area (Å²) in [5.74, 6) is 2.37. The van der Waals surface area contributed by atoms with E-state index in [0.717, 1.165) is 16.2 Å². The van der Waals surface area contributed by atoms with E-state index >= 15 is 0 Å². The first-order valence-corrected chi connectivity index (χ1v) is 10.8. The first-order chi connectivity index (χ1) is 14.2. The van der Waals surface area contributed by atoms with Gasteiger partial charge in [-0.3, -0.25) is 4.79 Å². The van der Waals surface area contributed by atoms with Crippen LogP contribution in [0.1, 0.15) is 20.8 Å². The molecule has 3 aromatic rings. The molecule has 0 saturated heterocycles. The molecule has 7 heteroatoms. The average Bonchev–Trinajstić information content (AvgIpc) is 3.29. The van der Waals surface area contributed by atoms with Gasteiger partial charge < -0.3 is 19.5 Å². The van der Waals surface area contributed by atoms with Crippen molar-refractivity contribution in [1.29, 1.82) is 0 Å². The summed E-state index contributed by atoms with van der Waals surface area (Å²) in [7, 11) is 4.70. The third-order valence-corrected chi connectivity index (χ3v) is 6.44. The van der Waals surface area contributed by atoms with Crippen molar-refractivity contribution in [3.63, 3.8) is 0 Å². The number of rotatable bonds is 9. The Morgan fingerprint density at radius 3 is 2.34 bits per heavy atom. The van der Waals surface area contributed by atoms with Gasteiger partial charge in [-0.1, -0.05) is 18.2 Å². The van der Waals surface area contributed by atoms with Crippen molar-refractivity contribution in [3.8, 4) is 17.2 Å². The van der Waals surface area contributed by atoms with E-state index < -0.39 is 0 Å². The first-order valence-electron chi connectivity index (χ1n) is 8.97. The maximum absolute atomic E-state index is 12.8. The van der Waals surface area contributed by atoms with Gasteiger partial charge in [0.15, 0.2) is 11.5 Å². The van der Waals surface area contributed by atoms with Gasteiger partial charge >= 0.3 is 0 Å². The topological polar surface area (TPSA) is 56.8 Å². The normalized spacial score (nSPS) is 10.4. The van der Waals surface area contributed by atoms with Gasteiger partial charge in [0.2, 0.25) is 5.75 Å². The Bertz CT molecular complexity index is 932. The van der Waals surface area contributed by atoms with E-state index in [9.17, 15) is 4.79 Å². The van der Waals surface area contributed by atoms with Gasteiger partial charge in [0.25, 0.3) is 5.91 Å². The van der Waals surface area contributed by atoms with E-state index in [0.29, 0.717) is 29.4 Å². The second-order valence-electron chi connectivity index (χ2n) is 6.08. The number of nitrogens with one attached hydrogen (secondary N) is 1. The van der Waals surface area contributed by atoms with E-state index in [-0.39, 0.29) is 5.91 Å². The lowest BCUT2D eigenvalue weighted by Crippen LogP contribution is -2.23. The van der Waals surface area contributed by atoms with Crippen LogP contribution >= 0.6 is 23.1 Å². The third kappa shape index (κ3) is 5.25. The zero-order chi connectivity index (χ0) is 20.6. The molecule has 3 rings (SSSR count). The molecule has 0 aliphatic rings. The molecule has 152 valence electrons. The van der Waals surface area contributed by atoms with Crippen LogP contribution in [0.2, 0.25) is 0 Å². The summed E-state index contributed by atoms with van der Waals surface area (Å²) in [5.41, 5.74) is 1.53. The maximum Gasteiger partial charge on any atom is 0.252 e. The van der Waals surface area contributed by atoms with Gasteiger partial charge in [-0.2, -0.15) is 0 Å². The number of thioether (sulfide) groups is 1. The summed E-state index contributed by atoms with van der Waals surface area (Å²) in [5, 5.41) is 5.05. The van der Waals surface area contributed by atoms with E-state index in [1.807, 2.05) is 42.5 Å². The number of thiophene rings is 1. The Morgan fingerprint density at radius 2 is 1.72 bits per heavy atom. The lowest BCUT2D eigenvalue weighted by atomic mass is 10.1. The van der Waals surface area contributed by atoms with Crippen molar-refractivity contribution >= 4 is 29.0 Å². The number of amides is 1. The fourth-order valence-corrected chi connectivity index (χ4v) is 4.66. The highest BCUT2D eigenvalue weighted by atomic mass is 32.2. The van der Waals surface area contributed by atoms with Crippen molar-refractivity contribution in [2.45, 2.75) is 17.2 Å². The summed E-state index contributed by atoms with van der Waals surface area (Å²) in [6.45, 7) is 0.347. The number of carbonyl (C=O) groups is 1. The lowest BCUT2D eigenvalue weighted by molar-refractivity contribution is 0.0948. The first kappa shape index (κ1) is 21.1. The lowest BCUT2D eigenvalue weighted by Gasteiger charge is -2.15. The molecule has 1 amide bonds. The van der Waals surface area contributed by atoms with Crippen LogP contribution in [0.4, 0.5) is 0 Å². The summed E-state index contributed by atoms with van der Waals surface area (Å²) in [4.78, 5) is 15.1. The minimum Gasteiger partial charge on any atom is -0.493 e. The molecule has 5 nitrogen and oxygen atoms in total. The maximum atomic E-state index is 12.8. The second kappa shape index (κ2) is 10.2. The van der Waals surface area contributed by atoms with Gasteiger partial charge in [-0.05, 0) is 41.3 Å². The minimum atomic E-state index is -0.118. The monoisotopic (exact) mass is 429 g/mol. The fourth-order valence-electron chi connectivity index (χ4n) is 2.84.